The van der Waals surface area contributed by atoms with E-state index in [2.05, 4.69) is 10.2 Å². The second kappa shape index (κ2) is 8.30. The fraction of sp³-hybridized carbons (Fsp3) is 0.211. The van der Waals surface area contributed by atoms with E-state index < -0.39 is 0 Å². The van der Waals surface area contributed by atoms with Crippen LogP contribution in [-0.2, 0) is 6.54 Å². The van der Waals surface area contributed by atoms with E-state index in [1.54, 1.807) is 35.2 Å². The van der Waals surface area contributed by atoms with Gasteiger partial charge in [-0.1, -0.05) is 46.9 Å². The van der Waals surface area contributed by atoms with Crippen LogP contribution in [0.5, 0.6) is 0 Å². The van der Waals surface area contributed by atoms with Gasteiger partial charge < -0.3 is 9.32 Å². The van der Waals surface area contributed by atoms with Gasteiger partial charge in [0.15, 0.2) is 0 Å². The molecule has 0 unspecified atom stereocenters. The van der Waals surface area contributed by atoms with Crippen LogP contribution in [0, 0.1) is 0 Å². The van der Waals surface area contributed by atoms with Crippen molar-refractivity contribution in [1.29, 1.82) is 0 Å². The molecular weight excluding hydrogens is 409 g/mol. The Labute approximate surface area is 171 Å². The van der Waals surface area contributed by atoms with E-state index in [1.807, 2.05) is 26.0 Å². The van der Waals surface area contributed by atoms with Crippen LogP contribution in [0.15, 0.2) is 46.9 Å². The average Bonchev–Trinajstić information content (AvgIpc) is 3.07. The molecule has 8 heteroatoms. The molecule has 0 N–H and O–H groups in total. The number of halogens is 3. The van der Waals surface area contributed by atoms with Gasteiger partial charge in [0.1, 0.15) is 0 Å². The second-order valence-corrected chi connectivity index (χ2v) is 7.45. The molecule has 0 saturated heterocycles. The van der Waals surface area contributed by atoms with Crippen molar-refractivity contribution in [2.45, 2.75) is 26.4 Å². The summed E-state index contributed by atoms with van der Waals surface area (Å²) in [6.45, 7) is 3.95. The minimum absolute atomic E-state index is 0.106. The van der Waals surface area contributed by atoms with Gasteiger partial charge in [-0.05, 0) is 44.2 Å². The highest BCUT2D eigenvalue weighted by atomic mass is 35.5. The topological polar surface area (TPSA) is 59.2 Å². The fourth-order valence-corrected chi connectivity index (χ4v) is 3.28. The lowest BCUT2D eigenvalue weighted by atomic mass is 10.1. The van der Waals surface area contributed by atoms with Gasteiger partial charge in [-0.3, -0.25) is 4.79 Å². The van der Waals surface area contributed by atoms with Crippen molar-refractivity contribution in [3.05, 3.63) is 69.0 Å². The Hall–Kier alpha value is -2.08. The van der Waals surface area contributed by atoms with E-state index in [0.29, 0.717) is 38.0 Å². The van der Waals surface area contributed by atoms with Gasteiger partial charge in [-0.25, -0.2) is 0 Å². The van der Waals surface area contributed by atoms with E-state index in [4.69, 9.17) is 39.2 Å². The number of hydrogen-bond acceptors (Lipinski definition) is 4. The predicted molar refractivity (Wildman–Crippen MR) is 106 cm³/mol. The normalized spacial score (nSPS) is 11.0. The van der Waals surface area contributed by atoms with E-state index >= 15 is 0 Å². The number of rotatable bonds is 5. The molecule has 27 heavy (non-hydrogen) atoms. The van der Waals surface area contributed by atoms with Crippen LogP contribution in [0.25, 0.3) is 11.5 Å². The maximum absolute atomic E-state index is 12.9. The van der Waals surface area contributed by atoms with Gasteiger partial charge in [0, 0.05) is 21.7 Å². The Balaban J connectivity index is 1.85. The Bertz CT molecular complexity index is 952. The summed E-state index contributed by atoms with van der Waals surface area (Å²) >= 11 is 18.2. The summed E-state index contributed by atoms with van der Waals surface area (Å²) in [4.78, 5) is 14.5. The number of aromatic nitrogens is 2. The number of amides is 1. The van der Waals surface area contributed by atoms with Crippen molar-refractivity contribution >= 4 is 40.7 Å². The Morgan fingerprint density at radius 2 is 1.74 bits per heavy atom. The first-order valence-corrected chi connectivity index (χ1v) is 9.33. The minimum atomic E-state index is -0.230. The molecule has 0 radical (unpaired) electrons. The van der Waals surface area contributed by atoms with Crippen LogP contribution in [0.2, 0.25) is 15.1 Å². The highest BCUT2D eigenvalue weighted by Crippen LogP contribution is 2.27. The SMILES string of the molecule is CC(C)N(Cc1nnc(-c2ccccc2Cl)o1)C(=O)c1cc(Cl)cc(Cl)c1. The maximum atomic E-state index is 12.9. The third-order valence-electron chi connectivity index (χ3n) is 3.87. The van der Waals surface area contributed by atoms with E-state index in [9.17, 15) is 4.79 Å². The molecule has 1 aromatic heterocycles. The second-order valence-electron chi connectivity index (χ2n) is 6.17. The molecule has 0 saturated carbocycles. The zero-order chi connectivity index (χ0) is 19.6. The van der Waals surface area contributed by atoms with Crippen LogP contribution >= 0.6 is 34.8 Å². The molecule has 140 valence electrons. The van der Waals surface area contributed by atoms with Gasteiger partial charge in [0.2, 0.25) is 11.8 Å². The third kappa shape index (κ3) is 4.61. The molecular formula is C19H16Cl3N3O2. The largest absolute Gasteiger partial charge is 0.419 e. The number of nitrogens with zero attached hydrogens (tertiary/aromatic N) is 3. The van der Waals surface area contributed by atoms with Gasteiger partial charge >= 0.3 is 0 Å². The predicted octanol–water partition coefficient (Wildman–Crippen LogP) is 5.75. The third-order valence-corrected chi connectivity index (χ3v) is 4.64. The fourth-order valence-electron chi connectivity index (χ4n) is 2.54. The summed E-state index contributed by atoms with van der Waals surface area (Å²) in [5.41, 5.74) is 1.04. The van der Waals surface area contributed by atoms with Crippen molar-refractivity contribution in [1.82, 2.24) is 15.1 Å². The standard InChI is InChI=1S/C19H16Cl3N3O2/c1-11(2)25(19(26)12-7-13(20)9-14(21)8-12)10-17-23-24-18(27-17)15-5-3-4-6-16(15)22/h3-9,11H,10H2,1-2H3. The number of benzene rings is 2. The van der Waals surface area contributed by atoms with Crippen molar-refractivity contribution in [3.8, 4) is 11.5 Å². The first kappa shape index (κ1) is 19.7. The average molecular weight is 425 g/mol. The molecule has 0 spiro atoms. The number of carbonyl (C=O) groups excluding carboxylic acids is 1. The molecule has 5 nitrogen and oxygen atoms in total. The number of carbonyl (C=O) groups is 1. The molecule has 0 aliphatic carbocycles. The molecule has 1 heterocycles. The van der Waals surface area contributed by atoms with Crippen LogP contribution < -0.4 is 0 Å². The summed E-state index contributed by atoms with van der Waals surface area (Å²) < 4.78 is 5.71. The summed E-state index contributed by atoms with van der Waals surface area (Å²) in [6.07, 6.45) is 0. The highest BCUT2D eigenvalue weighted by Gasteiger charge is 2.23. The lowest BCUT2D eigenvalue weighted by Gasteiger charge is -2.25. The maximum Gasteiger partial charge on any atom is 0.254 e. The van der Waals surface area contributed by atoms with Crippen molar-refractivity contribution in [3.63, 3.8) is 0 Å². The quantitative estimate of drug-likeness (QED) is 0.523. The van der Waals surface area contributed by atoms with Crippen LogP contribution in [0.4, 0.5) is 0 Å². The van der Waals surface area contributed by atoms with Gasteiger partial charge in [-0.2, -0.15) is 0 Å². The summed E-state index contributed by atoms with van der Waals surface area (Å²) in [5.74, 6) is 0.379. The summed E-state index contributed by atoms with van der Waals surface area (Å²) in [7, 11) is 0. The zero-order valence-corrected chi connectivity index (χ0v) is 16.9. The Morgan fingerprint density at radius 1 is 1.07 bits per heavy atom. The molecule has 0 aliphatic rings. The monoisotopic (exact) mass is 423 g/mol. The van der Waals surface area contributed by atoms with E-state index in [0.717, 1.165) is 0 Å². The molecule has 0 aliphatic heterocycles. The van der Waals surface area contributed by atoms with Crippen molar-refractivity contribution in [2.75, 3.05) is 0 Å². The number of hydrogen-bond donors (Lipinski definition) is 0. The molecule has 0 bridgehead atoms. The van der Waals surface area contributed by atoms with E-state index in [1.165, 1.54) is 0 Å². The minimum Gasteiger partial charge on any atom is -0.419 e. The van der Waals surface area contributed by atoms with Crippen LogP contribution in [0.3, 0.4) is 0 Å². The lowest BCUT2D eigenvalue weighted by molar-refractivity contribution is 0.0672. The van der Waals surface area contributed by atoms with Crippen LogP contribution in [-0.4, -0.2) is 27.0 Å². The zero-order valence-electron chi connectivity index (χ0n) is 14.6. The Kier molecular flexibility index (Phi) is 6.05. The van der Waals surface area contributed by atoms with Gasteiger partial charge in [-0.15, -0.1) is 10.2 Å². The molecule has 3 rings (SSSR count). The summed E-state index contributed by atoms with van der Waals surface area (Å²) in [6, 6.07) is 11.8. The molecule has 0 fully saturated rings. The summed E-state index contributed by atoms with van der Waals surface area (Å²) in [5, 5.41) is 9.39. The highest BCUT2D eigenvalue weighted by molar-refractivity contribution is 6.35. The van der Waals surface area contributed by atoms with Crippen molar-refractivity contribution < 1.29 is 9.21 Å². The smallest absolute Gasteiger partial charge is 0.254 e. The molecule has 3 aromatic rings. The first-order chi connectivity index (χ1) is 12.8. The molecule has 1 amide bonds. The lowest BCUT2D eigenvalue weighted by Crippen LogP contribution is -2.36. The Morgan fingerprint density at radius 3 is 2.37 bits per heavy atom. The molecule has 2 aromatic carbocycles. The molecule has 0 atom stereocenters. The van der Waals surface area contributed by atoms with Gasteiger partial charge in [0.25, 0.3) is 5.91 Å². The first-order valence-electron chi connectivity index (χ1n) is 8.19. The van der Waals surface area contributed by atoms with Crippen molar-refractivity contribution in [2.24, 2.45) is 0 Å². The van der Waals surface area contributed by atoms with Crippen LogP contribution in [0.1, 0.15) is 30.1 Å². The van der Waals surface area contributed by atoms with E-state index in [-0.39, 0.29) is 18.5 Å². The van der Waals surface area contributed by atoms with Gasteiger partial charge in [0.05, 0.1) is 17.1 Å².